The van der Waals surface area contributed by atoms with Crippen molar-refractivity contribution in [1.29, 1.82) is 0 Å². The van der Waals surface area contributed by atoms with E-state index in [9.17, 15) is 9.18 Å². The predicted molar refractivity (Wildman–Crippen MR) is 77.6 cm³/mol. The van der Waals surface area contributed by atoms with Crippen LogP contribution in [0, 0.1) is 9.39 Å². The quantitative estimate of drug-likeness (QED) is 0.815. The summed E-state index contributed by atoms with van der Waals surface area (Å²) in [6.45, 7) is 1.77. The van der Waals surface area contributed by atoms with Crippen LogP contribution in [-0.4, -0.2) is 21.0 Å². The molecule has 0 saturated carbocycles. The fraction of sp³-hybridized carbons (Fsp3) is 0.154. The number of nitrogens with zero attached hydrogens (tertiary/aromatic N) is 2. The Hall–Kier alpha value is -1.77. The van der Waals surface area contributed by atoms with Gasteiger partial charge in [-0.2, -0.15) is 9.37 Å². The van der Waals surface area contributed by atoms with Crippen molar-refractivity contribution >= 4 is 28.6 Å². The summed E-state index contributed by atoms with van der Waals surface area (Å²) in [5.41, 5.74) is 0.310. The molecular weight excluding hydrogens is 378 g/mol. The van der Waals surface area contributed by atoms with Crippen LogP contribution < -0.4 is 4.74 Å². The number of aryl methyl sites for hydroxylation is 1. The lowest BCUT2D eigenvalue weighted by Gasteiger charge is -2.09. The van der Waals surface area contributed by atoms with Gasteiger partial charge in [-0.25, -0.2) is 9.78 Å². The van der Waals surface area contributed by atoms with Gasteiger partial charge in [-0.3, -0.25) is 0 Å². The molecule has 2 rings (SSSR count). The maximum atomic E-state index is 14.0. The first-order chi connectivity index (χ1) is 9.52. The van der Waals surface area contributed by atoms with E-state index in [1.165, 1.54) is 18.5 Å². The topological polar surface area (TPSA) is 72.3 Å². The van der Waals surface area contributed by atoms with Gasteiger partial charge < -0.3 is 9.84 Å². The summed E-state index contributed by atoms with van der Waals surface area (Å²) in [5.74, 6) is -1.68. The van der Waals surface area contributed by atoms with Gasteiger partial charge in [0.1, 0.15) is 12.1 Å². The zero-order chi connectivity index (χ0) is 14.7. The summed E-state index contributed by atoms with van der Waals surface area (Å²) in [6.07, 6.45) is 1.63. The van der Waals surface area contributed by atoms with Gasteiger partial charge in [0.05, 0.1) is 14.8 Å². The van der Waals surface area contributed by atoms with Crippen molar-refractivity contribution in [2.45, 2.75) is 13.3 Å². The zero-order valence-corrected chi connectivity index (χ0v) is 12.6. The maximum Gasteiger partial charge on any atom is 0.335 e. The standard InChI is InChI=1S/C13H10FIN2O3/c1-2-9-11(14)12(17-6-16-9)20-10-5-7(13(18)19)3-4-8(10)15/h3-6H,2H2,1H3,(H,18,19). The third-order valence-corrected chi connectivity index (χ3v) is 3.44. The Kier molecular flexibility index (Phi) is 4.48. The number of aromatic carboxylic acids is 1. The van der Waals surface area contributed by atoms with Gasteiger partial charge in [-0.05, 0) is 47.2 Å². The van der Waals surface area contributed by atoms with E-state index >= 15 is 0 Å². The molecule has 0 aliphatic rings. The Morgan fingerprint density at radius 3 is 2.85 bits per heavy atom. The number of carboxylic acids is 1. The highest BCUT2D eigenvalue weighted by molar-refractivity contribution is 14.1. The molecule has 1 aromatic heterocycles. The van der Waals surface area contributed by atoms with Gasteiger partial charge in [0.25, 0.3) is 5.88 Å². The second-order valence-corrected chi connectivity index (χ2v) is 5.01. The Balaban J connectivity index is 2.39. The SMILES string of the molecule is CCc1ncnc(Oc2cc(C(=O)O)ccc2I)c1F. The van der Waals surface area contributed by atoms with Crippen LogP contribution in [0.2, 0.25) is 0 Å². The molecule has 1 aromatic carbocycles. The Morgan fingerprint density at radius 2 is 2.20 bits per heavy atom. The van der Waals surface area contributed by atoms with E-state index < -0.39 is 11.8 Å². The summed E-state index contributed by atoms with van der Waals surface area (Å²) >= 11 is 1.97. The Morgan fingerprint density at radius 1 is 1.45 bits per heavy atom. The normalized spacial score (nSPS) is 10.3. The summed E-state index contributed by atoms with van der Waals surface area (Å²) < 4.78 is 20.0. The minimum Gasteiger partial charge on any atom is -0.478 e. The summed E-state index contributed by atoms with van der Waals surface area (Å²) in [5, 5.41) is 8.95. The van der Waals surface area contributed by atoms with Gasteiger partial charge in [0.15, 0.2) is 0 Å². The highest BCUT2D eigenvalue weighted by atomic mass is 127. The van der Waals surface area contributed by atoms with Crippen LogP contribution in [0.3, 0.4) is 0 Å². The monoisotopic (exact) mass is 388 g/mol. The smallest absolute Gasteiger partial charge is 0.335 e. The zero-order valence-electron chi connectivity index (χ0n) is 10.4. The highest BCUT2D eigenvalue weighted by Crippen LogP contribution is 2.28. The third-order valence-electron chi connectivity index (χ3n) is 2.55. The Bertz CT molecular complexity index is 664. The van der Waals surface area contributed by atoms with Gasteiger partial charge in [-0.15, -0.1) is 0 Å². The first kappa shape index (κ1) is 14.6. The molecule has 0 radical (unpaired) electrons. The second-order valence-electron chi connectivity index (χ2n) is 3.85. The molecule has 0 atom stereocenters. The van der Waals surface area contributed by atoms with Crippen molar-refractivity contribution in [2.75, 3.05) is 0 Å². The predicted octanol–water partition coefficient (Wildman–Crippen LogP) is 3.27. The van der Waals surface area contributed by atoms with Crippen molar-refractivity contribution in [2.24, 2.45) is 0 Å². The van der Waals surface area contributed by atoms with Crippen molar-refractivity contribution in [3.63, 3.8) is 0 Å². The molecule has 0 spiro atoms. The number of carbonyl (C=O) groups is 1. The molecule has 0 amide bonds. The molecular formula is C13H10FIN2O3. The summed E-state index contributed by atoms with van der Waals surface area (Å²) in [4.78, 5) is 18.5. The van der Waals surface area contributed by atoms with Crippen LogP contribution in [-0.2, 0) is 6.42 Å². The van der Waals surface area contributed by atoms with Gasteiger partial charge in [0, 0.05) is 0 Å². The van der Waals surface area contributed by atoms with E-state index in [1.807, 2.05) is 22.6 Å². The largest absolute Gasteiger partial charge is 0.478 e. The first-order valence-corrected chi connectivity index (χ1v) is 6.80. The number of hydrogen-bond donors (Lipinski definition) is 1. The number of benzene rings is 1. The van der Waals surface area contributed by atoms with E-state index in [-0.39, 0.29) is 22.9 Å². The number of aromatic nitrogens is 2. The van der Waals surface area contributed by atoms with E-state index in [1.54, 1.807) is 13.0 Å². The van der Waals surface area contributed by atoms with Gasteiger partial charge in [0.2, 0.25) is 5.82 Å². The average molecular weight is 388 g/mol. The van der Waals surface area contributed by atoms with Crippen LogP contribution in [0.15, 0.2) is 24.5 Å². The van der Waals surface area contributed by atoms with Crippen LogP contribution in [0.5, 0.6) is 11.6 Å². The number of ether oxygens (including phenoxy) is 1. The van der Waals surface area contributed by atoms with E-state index in [2.05, 4.69) is 9.97 Å². The van der Waals surface area contributed by atoms with E-state index in [0.29, 0.717) is 9.99 Å². The lowest BCUT2D eigenvalue weighted by Crippen LogP contribution is -2.02. The number of rotatable bonds is 4. The molecule has 0 fully saturated rings. The molecule has 0 saturated heterocycles. The van der Waals surface area contributed by atoms with Gasteiger partial charge >= 0.3 is 5.97 Å². The molecule has 0 aliphatic carbocycles. The fourth-order valence-corrected chi connectivity index (χ4v) is 1.97. The fourth-order valence-electron chi connectivity index (χ4n) is 1.52. The maximum absolute atomic E-state index is 14.0. The minimum atomic E-state index is -1.08. The van der Waals surface area contributed by atoms with Crippen LogP contribution in [0.25, 0.3) is 0 Å². The molecule has 104 valence electrons. The Labute approximate surface area is 128 Å². The van der Waals surface area contributed by atoms with Gasteiger partial charge in [-0.1, -0.05) is 6.92 Å². The number of carboxylic acid groups (broad SMARTS) is 1. The van der Waals surface area contributed by atoms with E-state index in [4.69, 9.17) is 9.84 Å². The molecule has 0 bridgehead atoms. The highest BCUT2D eigenvalue weighted by Gasteiger charge is 2.14. The van der Waals surface area contributed by atoms with Crippen molar-refractivity contribution in [3.05, 3.63) is 45.2 Å². The number of hydrogen-bond acceptors (Lipinski definition) is 4. The third kappa shape index (κ3) is 3.03. The van der Waals surface area contributed by atoms with E-state index in [0.717, 1.165) is 0 Å². The average Bonchev–Trinajstić information content (AvgIpc) is 2.43. The van der Waals surface area contributed by atoms with Crippen LogP contribution in [0.1, 0.15) is 23.0 Å². The second kappa shape index (κ2) is 6.12. The summed E-state index contributed by atoms with van der Waals surface area (Å²) in [7, 11) is 0. The molecule has 1 N–H and O–H groups in total. The first-order valence-electron chi connectivity index (χ1n) is 5.73. The molecule has 7 heteroatoms. The van der Waals surface area contributed by atoms with Crippen molar-refractivity contribution in [3.8, 4) is 11.6 Å². The lowest BCUT2D eigenvalue weighted by atomic mass is 10.2. The summed E-state index contributed by atoms with van der Waals surface area (Å²) in [6, 6.07) is 4.36. The molecule has 0 unspecified atom stereocenters. The number of halogens is 2. The molecule has 0 aliphatic heterocycles. The molecule has 20 heavy (non-hydrogen) atoms. The van der Waals surface area contributed by atoms with Crippen molar-refractivity contribution < 1.29 is 19.0 Å². The van der Waals surface area contributed by atoms with Crippen molar-refractivity contribution in [1.82, 2.24) is 9.97 Å². The molecule has 5 nitrogen and oxygen atoms in total. The molecule has 2 aromatic rings. The lowest BCUT2D eigenvalue weighted by molar-refractivity contribution is 0.0696. The molecule has 1 heterocycles. The minimum absolute atomic E-state index is 0.0607. The van der Waals surface area contributed by atoms with Crippen LogP contribution in [0.4, 0.5) is 4.39 Å². The van der Waals surface area contributed by atoms with Crippen LogP contribution >= 0.6 is 22.6 Å².